The van der Waals surface area contributed by atoms with Gasteiger partial charge in [0.1, 0.15) is 0 Å². The summed E-state index contributed by atoms with van der Waals surface area (Å²) >= 11 is 4.48. The van der Waals surface area contributed by atoms with Crippen LogP contribution in [0.25, 0.3) is 0 Å². The minimum absolute atomic E-state index is 0.136. The summed E-state index contributed by atoms with van der Waals surface area (Å²) in [5.41, 5.74) is 6.88. The first kappa shape index (κ1) is 14.9. The van der Waals surface area contributed by atoms with Crippen molar-refractivity contribution in [3.05, 3.63) is 57.8 Å². The third-order valence-electron chi connectivity index (χ3n) is 2.74. The van der Waals surface area contributed by atoms with Crippen molar-refractivity contribution < 1.29 is 9.60 Å². The van der Waals surface area contributed by atoms with Crippen molar-refractivity contribution in [2.45, 2.75) is 16.7 Å². The molecule has 2 aromatic rings. The van der Waals surface area contributed by atoms with Crippen molar-refractivity contribution in [3.63, 3.8) is 0 Å². The number of benzene rings is 2. The molecule has 20 heavy (non-hydrogen) atoms. The average Bonchev–Trinajstić information content (AvgIpc) is 2.45. The summed E-state index contributed by atoms with van der Waals surface area (Å²) in [6, 6.07) is 11.0. The molecule has 0 radical (unpaired) electrons. The van der Waals surface area contributed by atoms with Crippen LogP contribution in [0, 0.1) is 12.7 Å². The van der Waals surface area contributed by atoms with Crippen LogP contribution in [-0.2, 0) is 0 Å². The highest BCUT2D eigenvalue weighted by Gasteiger charge is 2.15. The Bertz CT molecular complexity index is 676. The Hall–Kier alpha value is -1.53. The van der Waals surface area contributed by atoms with E-state index in [-0.39, 0.29) is 10.3 Å². The van der Waals surface area contributed by atoms with Crippen molar-refractivity contribution in [2.24, 2.45) is 10.9 Å². The third-order valence-corrected chi connectivity index (χ3v) is 4.73. The molecular weight excluding hydrogens is 343 g/mol. The van der Waals surface area contributed by atoms with Crippen LogP contribution >= 0.6 is 27.7 Å². The summed E-state index contributed by atoms with van der Waals surface area (Å²) in [4.78, 5) is 1.45. The first-order valence-electron chi connectivity index (χ1n) is 5.74. The molecule has 0 aromatic heterocycles. The van der Waals surface area contributed by atoms with Gasteiger partial charge in [-0.05, 0) is 46.6 Å². The molecular formula is C14H12BrFN2OS. The number of nitrogens with two attached hydrogens (primary N) is 1. The maximum Gasteiger partial charge on any atom is 0.171 e. The quantitative estimate of drug-likeness (QED) is 0.377. The van der Waals surface area contributed by atoms with Crippen molar-refractivity contribution in [1.82, 2.24) is 0 Å². The molecule has 0 saturated carbocycles. The summed E-state index contributed by atoms with van der Waals surface area (Å²) in [5, 5.41) is 11.5. The molecule has 104 valence electrons. The Labute approximate surface area is 128 Å². The molecule has 0 bridgehead atoms. The Morgan fingerprint density at radius 2 is 1.95 bits per heavy atom. The third kappa shape index (κ3) is 2.96. The zero-order chi connectivity index (χ0) is 14.7. The average molecular weight is 355 g/mol. The normalized spacial score (nSPS) is 11.7. The van der Waals surface area contributed by atoms with E-state index in [1.165, 1.54) is 11.8 Å². The molecule has 6 heteroatoms. The highest BCUT2D eigenvalue weighted by Crippen LogP contribution is 2.35. The van der Waals surface area contributed by atoms with Crippen molar-refractivity contribution in [3.8, 4) is 0 Å². The SMILES string of the molecule is Cc1ccccc1Sc1ccc(/C(N)=N/O)c(Br)c1F. The second-order valence-corrected chi connectivity index (χ2v) is 5.97. The maximum atomic E-state index is 14.3. The van der Waals surface area contributed by atoms with Gasteiger partial charge >= 0.3 is 0 Å². The van der Waals surface area contributed by atoms with Gasteiger partial charge < -0.3 is 10.9 Å². The van der Waals surface area contributed by atoms with Crippen LogP contribution in [0.5, 0.6) is 0 Å². The van der Waals surface area contributed by atoms with Crippen LogP contribution in [0.4, 0.5) is 4.39 Å². The molecule has 0 amide bonds. The Kier molecular flexibility index (Phi) is 4.67. The highest BCUT2D eigenvalue weighted by molar-refractivity contribution is 9.10. The summed E-state index contributed by atoms with van der Waals surface area (Å²) in [6.45, 7) is 1.97. The molecule has 2 rings (SSSR count). The van der Waals surface area contributed by atoms with Gasteiger partial charge in [0.15, 0.2) is 11.7 Å². The molecule has 0 fully saturated rings. The van der Waals surface area contributed by atoms with E-state index in [0.717, 1.165) is 10.5 Å². The Morgan fingerprint density at radius 3 is 2.60 bits per heavy atom. The van der Waals surface area contributed by atoms with Gasteiger partial charge in [-0.3, -0.25) is 0 Å². The fraction of sp³-hybridized carbons (Fsp3) is 0.0714. The van der Waals surface area contributed by atoms with Crippen molar-refractivity contribution in [1.29, 1.82) is 0 Å². The second-order valence-electron chi connectivity index (χ2n) is 4.09. The lowest BCUT2D eigenvalue weighted by Gasteiger charge is -2.10. The number of amidine groups is 1. The lowest BCUT2D eigenvalue weighted by Crippen LogP contribution is -2.14. The molecule has 0 atom stereocenters. The Morgan fingerprint density at radius 1 is 1.25 bits per heavy atom. The zero-order valence-corrected chi connectivity index (χ0v) is 13.0. The molecule has 0 unspecified atom stereocenters. The van der Waals surface area contributed by atoms with Crippen LogP contribution < -0.4 is 5.73 Å². The van der Waals surface area contributed by atoms with Crippen molar-refractivity contribution in [2.75, 3.05) is 0 Å². The van der Waals surface area contributed by atoms with Gasteiger partial charge in [-0.25, -0.2) is 4.39 Å². The summed E-state index contributed by atoms with van der Waals surface area (Å²) < 4.78 is 14.5. The summed E-state index contributed by atoms with van der Waals surface area (Å²) in [6.07, 6.45) is 0. The number of rotatable bonds is 3. The molecule has 0 spiro atoms. The molecule has 3 nitrogen and oxygen atoms in total. The smallest absolute Gasteiger partial charge is 0.171 e. The summed E-state index contributed by atoms with van der Waals surface area (Å²) in [5.74, 6) is -0.564. The van der Waals surface area contributed by atoms with E-state index in [4.69, 9.17) is 10.9 Å². The number of aryl methyl sites for hydroxylation is 1. The van der Waals surface area contributed by atoms with Gasteiger partial charge in [0.05, 0.1) is 4.47 Å². The van der Waals surface area contributed by atoms with E-state index in [9.17, 15) is 4.39 Å². The van der Waals surface area contributed by atoms with Gasteiger partial charge in [-0.1, -0.05) is 35.1 Å². The Balaban J connectivity index is 2.40. The zero-order valence-electron chi connectivity index (χ0n) is 10.6. The fourth-order valence-corrected chi connectivity index (χ4v) is 3.27. The predicted molar refractivity (Wildman–Crippen MR) is 81.9 cm³/mol. The number of hydrogen-bond acceptors (Lipinski definition) is 3. The van der Waals surface area contributed by atoms with E-state index < -0.39 is 5.82 Å². The van der Waals surface area contributed by atoms with Gasteiger partial charge in [0.2, 0.25) is 0 Å². The molecule has 0 heterocycles. The number of hydrogen-bond donors (Lipinski definition) is 2. The molecule has 0 aliphatic heterocycles. The lowest BCUT2D eigenvalue weighted by atomic mass is 10.2. The van der Waals surface area contributed by atoms with Crippen LogP contribution in [0.15, 0.2) is 55.8 Å². The monoisotopic (exact) mass is 354 g/mol. The van der Waals surface area contributed by atoms with E-state index >= 15 is 0 Å². The van der Waals surface area contributed by atoms with E-state index in [1.807, 2.05) is 31.2 Å². The minimum Gasteiger partial charge on any atom is -0.409 e. The molecule has 3 N–H and O–H groups in total. The largest absolute Gasteiger partial charge is 0.409 e. The topological polar surface area (TPSA) is 58.6 Å². The number of oxime groups is 1. The van der Waals surface area contributed by atoms with E-state index in [2.05, 4.69) is 21.1 Å². The van der Waals surface area contributed by atoms with E-state index in [1.54, 1.807) is 12.1 Å². The van der Waals surface area contributed by atoms with Crippen LogP contribution in [0.2, 0.25) is 0 Å². The van der Waals surface area contributed by atoms with Gasteiger partial charge in [0, 0.05) is 15.4 Å². The van der Waals surface area contributed by atoms with Gasteiger partial charge in [-0.2, -0.15) is 0 Å². The van der Waals surface area contributed by atoms with Gasteiger partial charge in [0.25, 0.3) is 0 Å². The lowest BCUT2D eigenvalue weighted by molar-refractivity contribution is 0.318. The first-order valence-corrected chi connectivity index (χ1v) is 7.35. The number of nitrogens with zero attached hydrogens (tertiary/aromatic N) is 1. The van der Waals surface area contributed by atoms with Crippen molar-refractivity contribution >= 4 is 33.5 Å². The highest BCUT2D eigenvalue weighted by atomic mass is 79.9. The maximum absolute atomic E-state index is 14.3. The van der Waals surface area contributed by atoms with E-state index in [0.29, 0.717) is 10.5 Å². The molecule has 2 aromatic carbocycles. The first-order chi connectivity index (χ1) is 9.54. The van der Waals surface area contributed by atoms with Crippen LogP contribution in [0.1, 0.15) is 11.1 Å². The van der Waals surface area contributed by atoms with Crippen LogP contribution in [0.3, 0.4) is 0 Å². The molecule has 0 aliphatic rings. The minimum atomic E-state index is -0.428. The molecule has 0 aliphatic carbocycles. The molecule has 0 saturated heterocycles. The standard InChI is InChI=1S/C14H12BrFN2OS/c1-8-4-2-3-5-10(8)20-11-7-6-9(14(17)18-19)12(15)13(11)16/h2-7,19H,1H3,(H2,17,18). The summed E-state index contributed by atoms with van der Waals surface area (Å²) in [7, 11) is 0. The van der Waals surface area contributed by atoms with Crippen LogP contribution in [-0.4, -0.2) is 11.0 Å². The fourth-order valence-electron chi connectivity index (χ4n) is 1.65. The second kappa shape index (κ2) is 6.28. The predicted octanol–water partition coefficient (Wildman–Crippen LogP) is 4.14. The van der Waals surface area contributed by atoms with Gasteiger partial charge in [-0.15, -0.1) is 0 Å². The number of halogens is 2.